The first-order chi connectivity index (χ1) is 12.7. The number of nitrogens with zero attached hydrogens (tertiary/aromatic N) is 1. The van der Waals surface area contributed by atoms with Crippen LogP contribution in [0.4, 0.5) is 0 Å². The molecule has 2 amide bonds. The van der Waals surface area contributed by atoms with Crippen molar-refractivity contribution in [1.29, 1.82) is 0 Å². The minimum absolute atomic E-state index is 0.156. The Bertz CT molecular complexity index is 1130. The maximum atomic E-state index is 12.4. The van der Waals surface area contributed by atoms with Crippen molar-refractivity contribution >= 4 is 32.6 Å². The largest absolute Gasteiger partial charge is 0.350 e. The van der Waals surface area contributed by atoms with E-state index in [1.165, 1.54) is 6.07 Å². The highest BCUT2D eigenvalue weighted by Gasteiger charge is 2.15. The summed E-state index contributed by atoms with van der Waals surface area (Å²) in [7, 11) is -1.37. The number of rotatable bonds is 4. The smallest absolute Gasteiger partial charge is 0.271 e. The van der Waals surface area contributed by atoms with Crippen LogP contribution in [0.1, 0.15) is 26.3 Å². The highest BCUT2D eigenvalue weighted by molar-refractivity contribution is 7.89. The summed E-state index contributed by atoms with van der Waals surface area (Å²) in [5.41, 5.74) is 6.88. The normalized spacial score (nSPS) is 11.3. The van der Waals surface area contributed by atoms with Crippen molar-refractivity contribution < 1.29 is 18.0 Å². The molecule has 3 rings (SSSR count). The number of hydrogen-bond donors (Lipinski definition) is 2. The molecule has 0 spiro atoms. The van der Waals surface area contributed by atoms with Gasteiger partial charge in [-0.1, -0.05) is 30.3 Å². The molecule has 1 heterocycles. The van der Waals surface area contributed by atoms with Gasteiger partial charge in [0.15, 0.2) is 9.84 Å². The van der Waals surface area contributed by atoms with E-state index in [0.717, 1.165) is 17.2 Å². The molecule has 0 aliphatic rings. The molecule has 0 atom stereocenters. The number of carbonyl (C=O) groups is 2. The first-order valence-corrected chi connectivity index (χ1v) is 10.2. The number of hydrogen-bond acceptors (Lipinski definition) is 4. The molecular weight excluding hydrogens is 366 g/mol. The quantitative estimate of drug-likeness (QED) is 0.669. The van der Waals surface area contributed by atoms with Crippen molar-refractivity contribution in [1.82, 2.24) is 15.4 Å². The third-order valence-corrected chi connectivity index (χ3v) is 4.91. The van der Waals surface area contributed by atoms with E-state index in [2.05, 4.69) is 10.9 Å². The van der Waals surface area contributed by atoms with Gasteiger partial charge in [-0.2, -0.15) is 0 Å². The fraction of sp³-hybridized carbons (Fsp3) is 0.158. The summed E-state index contributed by atoms with van der Waals surface area (Å²) in [6.07, 6.45) is 2.82. The van der Waals surface area contributed by atoms with Crippen molar-refractivity contribution in [3.63, 3.8) is 0 Å². The summed E-state index contributed by atoms with van der Waals surface area (Å²) < 4.78 is 24.6. The number of fused-ring (bicyclic) bond motifs is 1. The standard InChI is InChI=1S/C19H19N3O4S/c1-22-11-16(15-8-3-4-9-17(15)22)19(24)21-20-18(23)14-7-5-6-13(10-14)12-27(2,25)26/h3-11H,12H2,1-2H3,(H,20,23)(H,21,24). The van der Waals surface area contributed by atoms with Crippen LogP contribution in [0.15, 0.2) is 54.7 Å². The number of sulfone groups is 1. The number of hydrazine groups is 1. The Morgan fingerprint density at radius 1 is 1.00 bits per heavy atom. The molecule has 7 nitrogen and oxygen atoms in total. The minimum atomic E-state index is -3.20. The van der Waals surface area contributed by atoms with E-state index in [1.54, 1.807) is 24.4 Å². The Morgan fingerprint density at radius 2 is 1.70 bits per heavy atom. The fourth-order valence-corrected chi connectivity index (χ4v) is 3.67. The Morgan fingerprint density at radius 3 is 2.44 bits per heavy atom. The second-order valence-corrected chi connectivity index (χ2v) is 8.49. The van der Waals surface area contributed by atoms with E-state index in [0.29, 0.717) is 11.1 Å². The van der Waals surface area contributed by atoms with E-state index in [-0.39, 0.29) is 11.3 Å². The van der Waals surface area contributed by atoms with Gasteiger partial charge in [-0.15, -0.1) is 0 Å². The van der Waals surface area contributed by atoms with Gasteiger partial charge in [0.2, 0.25) is 0 Å². The van der Waals surface area contributed by atoms with Crippen LogP contribution in [0.5, 0.6) is 0 Å². The Kier molecular flexibility index (Phi) is 5.00. The maximum Gasteiger partial charge on any atom is 0.271 e. The molecule has 0 saturated carbocycles. The fourth-order valence-electron chi connectivity index (χ4n) is 2.88. The zero-order chi connectivity index (χ0) is 19.6. The lowest BCUT2D eigenvalue weighted by atomic mass is 10.1. The second kappa shape index (κ2) is 7.24. The number of nitrogens with one attached hydrogen (secondary N) is 2. The molecule has 27 heavy (non-hydrogen) atoms. The number of benzene rings is 2. The maximum absolute atomic E-state index is 12.4. The SMILES string of the molecule is Cn1cc(C(=O)NNC(=O)c2cccc(CS(C)(=O)=O)c2)c2ccccc21. The molecule has 3 aromatic rings. The van der Waals surface area contributed by atoms with Gasteiger partial charge >= 0.3 is 0 Å². The van der Waals surface area contributed by atoms with Gasteiger partial charge in [-0.25, -0.2) is 8.42 Å². The first-order valence-electron chi connectivity index (χ1n) is 8.16. The summed E-state index contributed by atoms with van der Waals surface area (Å²) in [4.78, 5) is 24.7. The highest BCUT2D eigenvalue weighted by Crippen LogP contribution is 2.19. The molecule has 0 bridgehead atoms. The number of carbonyl (C=O) groups excluding carboxylic acids is 2. The monoisotopic (exact) mass is 385 g/mol. The van der Waals surface area contributed by atoms with Gasteiger partial charge in [-0.05, 0) is 23.8 Å². The van der Waals surface area contributed by atoms with E-state index in [1.807, 2.05) is 35.9 Å². The average Bonchev–Trinajstić information content (AvgIpc) is 2.95. The van der Waals surface area contributed by atoms with Gasteiger partial charge < -0.3 is 4.57 Å². The van der Waals surface area contributed by atoms with Crippen molar-refractivity contribution in [2.45, 2.75) is 5.75 Å². The van der Waals surface area contributed by atoms with Crippen molar-refractivity contribution in [2.24, 2.45) is 7.05 Å². The molecule has 0 fully saturated rings. The van der Waals surface area contributed by atoms with Crippen LogP contribution in [0.3, 0.4) is 0 Å². The average molecular weight is 385 g/mol. The van der Waals surface area contributed by atoms with Crippen LogP contribution < -0.4 is 10.9 Å². The lowest BCUT2D eigenvalue weighted by Gasteiger charge is -2.08. The number of amides is 2. The minimum Gasteiger partial charge on any atom is -0.350 e. The molecule has 2 aromatic carbocycles. The molecule has 0 aliphatic heterocycles. The van der Waals surface area contributed by atoms with Crippen LogP contribution in [-0.4, -0.2) is 31.1 Å². The molecule has 0 unspecified atom stereocenters. The van der Waals surface area contributed by atoms with Crippen LogP contribution in [0.2, 0.25) is 0 Å². The second-order valence-electron chi connectivity index (χ2n) is 6.35. The van der Waals surface area contributed by atoms with E-state index >= 15 is 0 Å². The summed E-state index contributed by atoms with van der Waals surface area (Å²) in [5, 5.41) is 0.780. The van der Waals surface area contributed by atoms with Crippen LogP contribution in [0.25, 0.3) is 10.9 Å². The van der Waals surface area contributed by atoms with E-state index in [4.69, 9.17) is 0 Å². The summed E-state index contributed by atoms with van der Waals surface area (Å²) in [5.74, 6) is -1.12. The molecule has 1 aromatic heterocycles. The topological polar surface area (TPSA) is 97.3 Å². The van der Waals surface area contributed by atoms with Crippen molar-refractivity contribution in [3.8, 4) is 0 Å². The molecule has 0 radical (unpaired) electrons. The lowest BCUT2D eigenvalue weighted by molar-refractivity contribution is 0.0847. The number of aromatic nitrogens is 1. The van der Waals surface area contributed by atoms with Crippen molar-refractivity contribution in [2.75, 3.05) is 6.26 Å². The Labute approximate surface area is 156 Å². The third kappa shape index (κ3) is 4.35. The third-order valence-electron chi connectivity index (χ3n) is 4.05. The first kappa shape index (κ1) is 18.7. The van der Waals surface area contributed by atoms with Gasteiger partial charge in [0.1, 0.15) is 0 Å². The summed E-state index contributed by atoms with van der Waals surface area (Å²) >= 11 is 0. The predicted molar refractivity (Wildman–Crippen MR) is 103 cm³/mol. The van der Waals surface area contributed by atoms with Gasteiger partial charge in [0.05, 0.1) is 11.3 Å². The zero-order valence-corrected chi connectivity index (χ0v) is 15.7. The summed E-state index contributed by atoms with van der Waals surface area (Å²) in [6.45, 7) is 0. The molecule has 8 heteroatoms. The molecule has 0 saturated heterocycles. The Hall–Kier alpha value is -3.13. The van der Waals surface area contributed by atoms with Crippen LogP contribution in [-0.2, 0) is 22.6 Å². The summed E-state index contributed by atoms with van der Waals surface area (Å²) in [6, 6.07) is 13.7. The van der Waals surface area contributed by atoms with Crippen LogP contribution >= 0.6 is 0 Å². The molecule has 2 N–H and O–H groups in total. The highest BCUT2D eigenvalue weighted by atomic mass is 32.2. The Balaban J connectivity index is 1.72. The van der Waals surface area contributed by atoms with Gasteiger partial charge in [0.25, 0.3) is 11.8 Å². The van der Waals surface area contributed by atoms with Gasteiger partial charge in [-0.3, -0.25) is 20.4 Å². The number of para-hydroxylation sites is 1. The number of aryl methyl sites for hydroxylation is 1. The van der Waals surface area contributed by atoms with E-state index in [9.17, 15) is 18.0 Å². The van der Waals surface area contributed by atoms with Crippen molar-refractivity contribution in [3.05, 3.63) is 71.4 Å². The zero-order valence-electron chi connectivity index (χ0n) is 14.9. The molecule has 140 valence electrons. The predicted octanol–water partition coefficient (Wildman–Crippen LogP) is 1.80. The van der Waals surface area contributed by atoms with E-state index < -0.39 is 21.7 Å². The lowest BCUT2D eigenvalue weighted by Crippen LogP contribution is -2.41. The van der Waals surface area contributed by atoms with Crippen LogP contribution in [0, 0.1) is 0 Å². The molecular formula is C19H19N3O4S. The van der Waals surface area contributed by atoms with Gasteiger partial charge in [0, 0.05) is 36.0 Å². The molecule has 0 aliphatic carbocycles.